The van der Waals surface area contributed by atoms with Crippen molar-refractivity contribution in [2.45, 2.75) is 45.8 Å². The zero-order valence-corrected chi connectivity index (χ0v) is 14.2. The molecule has 124 valence electrons. The third kappa shape index (κ3) is 4.63. The molecule has 23 heavy (non-hydrogen) atoms. The van der Waals surface area contributed by atoms with Gasteiger partial charge in [-0.05, 0) is 33.3 Å². The molecule has 0 aliphatic rings. The van der Waals surface area contributed by atoms with Crippen molar-refractivity contribution in [1.82, 2.24) is 19.9 Å². The van der Waals surface area contributed by atoms with Crippen molar-refractivity contribution in [3.8, 4) is 0 Å². The van der Waals surface area contributed by atoms with Crippen LogP contribution in [0.3, 0.4) is 0 Å². The number of hydrogen-bond acceptors (Lipinski definition) is 4. The first kappa shape index (κ1) is 17.1. The lowest BCUT2D eigenvalue weighted by molar-refractivity contribution is -0.119. The number of carbonyl (C=O) groups excluding carboxylic acids is 1. The van der Waals surface area contributed by atoms with E-state index in [9.17, 15) is 4.79 Å². The Morgan fingerprint density at radius 1 is 1.30 bits per heavy atom. The van der Waals surface area contributed by atoms with E-state index in [4.69, 9.17) is 5.73 Å². The molecule has 2 N–H and O–H groups in total. The van der Waals surface area contributed by atoms with Crippen molar-refractivity contribution in [2.75, 3.05) is 6.54 Å². The molecule has 0 spiro atoms. The summed E-state index contributed by atoms with van der Waals surface area (Å²) in [5.41, 5.74) is 7.25. The van der Waals surface area contributed by atoms with Gasteiger partial charge < -0.3 is 5.73 Å². The van der Waals surface area contributed by atoms with Crippen LogP contribution in [0.4, 0.5) is 0 Å². The number of nitrogens with zero attached hydrogens (tertiary/aromatic N) is 4. The molecule has 0 unspecified atom stereocenters. The van der Waals surface area contributed by atoms with Crippen LogP contribution in [0.15, 0.2) is 36.5 Å². The minimum atomic E-state index is -0.351. The monoisotopic (exact) mass is 315 g/mol. The fourth-order valence-electron chi connectivity index (χ4n) is 2.38. The van der Waals surface area contributed by atoms with E-state index in [1.54, 1.807) is 0 Å². The summed E-state index contributed by atoms with van der Waals surface area (Å²) in [6, 6.07) is 10.1. The summed E-state index contributed by atoms with van der Waals surface area (Å²) in [5, 5.41) is 8.40. The molecule has 0 bridgehead atoms. The second-order valence-electron chi connectivity index (χ2n) is 6.78. The summed E-state index contributed by atoms with van der Waals surface area (Å²) in [7, 11) is 0. The van der Waals surface area contributed by atoms with Gasteiger partial charge in [0.1, 0.15) is 0 Å². The van der Waals surface area contributed by atoms with E-state index in [-0.39, 0.29) is 24.0 Å². The molecule has 1 amide bonds. The predicted molar refractivity (Wildman–Crippen MR) is 89.5 cm³/mol. The highest BCUT2D eigenvalue weighted by molar-refractivity contribution is 5.76. The minimum Gasteiger partial charge on any atom is -0.369 e. The van der Waals surface area contributed by atoms with Gasteiger partial charge in [-0.15, -0.1) is 5.10 Å². The number of rotatable bonds is 6. The fourth-order valence-corrected chi connectivity index (χ4v) is 2.38. The molecule has 6 heteroatoms. The van der Waals surface area contributed by atoms with Crippen molar-refractivity contribution in [3.63, 3.8) is 0 Å². The molecule has 2 aromatic rings. The number of amides is 1. The number of aromatic nitrogens is 3. The molecular formula is C17H25N5O. The number of primary amides is 1. The molecule has 0 saturated carbocycles. The van der Waals surface area contributed by atoms with Crippen molar-refractivity contribution < 1.29 is 4.79 Å². The second-order valence-corrected chi connectivity index (χ2v) is 6.78. The Kier molecular flexibility index (Phi) is 5.15. The molecule has 2 rings (SSSR count). The lowest BCUT2D eigenvalue weighted by Gasteiger charge is -2.27. The van der Waals surface area contributed by atoms with Crippen LogP contribution in [0.5, 0.6) is 0 Å². The topological polar surface area (TPSA) is 77.0 Å². The van der Waals surface area contributed by atoms with Crippen molar-refractivity contribution in [1.29, 1.82) is 0 Å². The predicted octanol–water partition coefficient (Wildman–Crippen LogP) is 2.08. The highest BCUT2D eigenvalue weighted by Crippen LogP contribution is 2.22. The maximum atomic E-state index is 11.4. The Labute approximate surface area is 137 Å². The average molecular weight is 315 g/mol. The summed E-state index contributed by atoms with van der Waals surface area (Å²) in [6.07, 6.45) is 1.92. The van der Waals surface area contributed by atoms with E-state index >= 15 is 0 Å². The quantitative estimate of drug-likeness (QED) is 0.885. The van der Waals surface area contributed by atoms with Gasteiger partial charge in [0.25, 0.3) is 0 Å². The largest absolute Gasteiger partial charge is 0.369 e. The molecule has 6 nitrogen and oxygen atoms in total. The van der Waals surface area contributed by atoms with E-state index in [2.05, 4.69) is 38.0 Å². The molecular weight excluding hydrogens is 290 g/mol. The standard InChI is InChI=1S/C17H25N5O/c1-13(14-8-6-5-7-9-14)21(12-16(18)23)10-15-11-22(20-19-15)17(2,3)4/h5-9,11,13H,10,12H2,1-4H3,(H2,18,23)/t13-/m1/s1. The van der Waals surface area contributed by atoms with E-state index in [1.165, 1.54) is 0 Å². The van der Waals surface area contributed by atoms with E-state index in [1.807, 2.05) is 46.1 Å². The Hall–Kier alpha value is -2.21. The third-order valence-electron chi connectivity index (χ3n) is 3.78. The first-order valence-electron chi connectivity index (χ1n) is 7.76. The molecule has 0 aliphatic heterocycles. The maximum absolute atomic E-state index is 11.4. The number of benzene rings is 1. The SMILES string of the molecule is C[C@H](c1ccccc1)N(CC(N)=O)Cc1cn(C(C)(C)C)nn1. The first-order chi connectivity index (χ1) is 10.8. The zero-order chi connectivity index (χ0) is 17.0. The van der Waals surface area contributed by atoms with Crippen LogP contribution >= 0.6 is 0 Å². The van der Waals surface area contributed by atoms with Gasteiger partial charge in [-0.25, -0.2) is 4.68 Å². The van der Waals surface area contributed by atoms with Gasteiger partial charge in [0.05, 0.1) is 24.0 Å². The molecule has 0 radical (unpaired) electrons. The molecule has 1 aromatic carbocycles. The van der Waals surface area contributed by atoms with Crippen molar-refractivity contribution in [2.24, 2.45) is 5.73 Å². The van der Waals surface area contributed by atoms with Crippen molar-refractivity contribution in [3.05, 3.63) is 47.8 Å². The van der Waals surface area contributed by atoms with Gasteiger partial charge in [-0.2, -0.15) is 0 Å². The van der Waals surface area contributed by atoms with Crippen LogP contribution in [0, 0.1) is 0 Å². The Morgan fingerprint density at radius 3 is 2.48 bits per heavy atom. The molecule has 1 atom stereocenters. The lowest BCUT2D eigenvalue weighted by Crippen LogP contribution is -2.35. The summed E-state index contributed by atoms with van der Waals surface area (Å²) in [4.78, 5) is 13.4. The summed E-state index contributed by atoms with van der Waals surface area (Å²) in [5.74, 6) is -0.351. The third-order valence-corrected chi connectivity index (χ3v) is 3.78. The van der Waals surface area contributed by atoms with Crippen LogP contribution in [0.25, 0.3) is 0 Å². The molecule has 1 aromatic heterocycles. The van der Waals surface area contributed by atoms with E-state index in [0.29, 0.717) is 6.54 Å². The van der Waals surface area contributed by atoms with Gasteiger partial charge in [-0.3, -0.25) is 9.69 Å². The van der Waals surface area contributed by atoms with Crippen LogP contribution in [-0.4, -0.2) is 32.3 Å². The highest BCUT2D eigenvalue weighted by atomic mass is 16.1. The van der Waals surface area contributed by atoms with Gasteiger partial charge in [0.15, 0.2) is 0 Å². The molecule has 0 aliphatic carbocycles. The molecule has 0 fully saturated rings. The maximum Gasteiger partial charge on any atom is 0.231 e. The van der Waals surface area contributed by atoms with Crippen LogP contribution < -0.4 is 5.73 Å². The van der Waals surface area contributed by atoms with Crippen molar-refractivity contribution >= 4 is 5.91 Å². The average Bonchev–Trinajstić information content (AvgIpc) is 2.95. The van der Waals surface area contributed by atoms with Crippen LogP contribution in [-0.2, 0) is 16.9 Å². The van der Waals surface area contributed by atoms with E-state index in [0.717, 1.165) is 11.3 Å². The smallest absolute Gasteiger partial charge is 0.231 e. The summed E-state index contributed by atoms with van der Waals surface area (Å²) >= 11 is 0. The van der Waals surface area contributed by atoms with Gasteiger partial charge in [-0.1, -0.05) is 35.5 Å². The molecule has 0 saturated heterocycles. The Bertz CT molecular complexity index is 645. The Balaban J connectivity index is 2.19. The number of carbonyl (C=O) groups is 1. The summed E-state index contributed by atoms with van der Waals surface area (Å²) < 4.78 is 1.83. The highest BCUT2D eigenvalue weighted by Gasteiger charge is 2.21. The fraction of sp³-hybridized carbons (Fsp3) is 0.471. The number of nitrogens with two attached hydrogens (primary N) is 1. The minimum absolute atomic E-state index is 0.0588. The normalized spacial score (nSPS) is 13.3. The summed E-state index contributed by atoms with van der Waals surface area (Å²) in [6.45, 7) is 8.97. The first-order valence-corrected chi connectivity index (χ1v) is 7.76. The van der Waals surface area contributed by atoms with Gasteiger partial charge >= 0.3 is 0 Å². The molecule has 1 heterocycles. The van der Waals surface area contributed by atoms with Gasteiger partial charge in [0.2, 0.25) is 5.91 Å². The van der Waals surface area contributed by atoms with Gasteiger partial charge in [0, 0.05) is 12.6 Å². The second kappa shape index (κ2) is 6.91. The number of hydrogen-bond donors (Lipinski definition) is 1. The van der Waals surface area contributed by atoms with Crippen LogP contribution in [0.2, 0.25) is 0 Å². The Morgan fingerprint density at radius 2 is 1.96 bits per heavy atom. The zero-order valence-electron chi connectivity index (χ0n) is 14.2. The van der Waals surface area contributed by atoms with E-state index < -0.39 is 0 Å². The van der Waals surface area contributed by atoms with Crippen LogP contribution in [0.1, 0.15) is 45.0 Å². The lowest BCUT2D eigenvalue weighted by atomic mass is 10.1.